The average Bonchev–Trinajstić information content (AvgIpc) is 2.49. The number of hydrogen-bond donors (Lipinski definition) is 1. The summed E-state index contributed by atoms with van der Waals surface area (Å²) in [5, 5.41) is 0. The van der Waals surface area contributed by atoms with Crippen molar-refractivity contribution in [1.82, 2.24) is 4.31 Å². The second kappa shape index (κ2) is 6.03. The number of rotatable bonds is 3. The van der Waals surface area contributed by atoms with Gasteiger partial charge in [0.2, 0.25) is 10.0 Å². The standard InChI is InChI=1S/C14H20N2O4S/c1-10-12(15)4-3-5-13(10)21(18,19)16-8-6-11(7-9-16)14(17)20-2/h3-5,11H,6-9,15H2,1-2H3. The van der Waals surface area contributed by atoms with Crippen LogP contribution >= 0.6 is 0 Å². The molecule has 1 saturated heterocycles. The van der Waals surface area contributed by atoms with Gasteiger partial charge in [0, 0.05) is 18.8 Å². The van der Waals surface area contributed by atoms with Gasteiger partial charge in [0.1, 0.15) is 0 Å². The number of hydrogen-bond acceptors (Lipinski definition) is 5. The Morgan fingerprint density at radius 3 is 2.52 bits per heavy atom. The highest BCUT2D eigenvalue weighted by Gasteiger charge is 2.33. The molecule has 21 heavy (non-hydrogen) atoms. The highest BCUT2D eigenvalue weighted by atomic mass is 32.2. The minimum absolute atomic E-state index is 0.219. The molecular weight excluding hydrogens is 292 g/mol. The molecule has 0 spiro atoms. The molecule has 7 heteroatoms. The number of carbonyl (C=O) groups excluding carboxylic acids is 1. The number of piperidine rings is 1. The van der Waals surface area contributed by atoms with Crippen LogP contribution in [-0.4, -0.2) is 38.9 Å². The summed E-state index contributed by atoms with van der Waals surface area (Å²) in [6, 6.07) is 4.88. The largest absolute Gasteiger partial charge is 0.469 e. The Morgan fingerprint density at radius 1 is 1.33 bits per heavy atom. The van der Waals surface area contributed by atoms with Crippen molar-refractivity contribution >= 4 is 21.7 Å². The number of benzene rings is 1. The van der Waals surface area contributed by atoms with Gasteiger partial charge in [-0.15, -0.1) is 0 Å². The van der Waals surface area contributed by atoms with Crippen LogP contribution in [0.15, 0.2) is 23.1 Å². The van der Waals surface area contributed by atoms with Crippen LogP contribution in [0.25, 0.3) is 0 Å². The maximum atomic E-state index is 12.7. The van der Waals surface area contributed by atoms with Crippen molar-refractivity contribution in [1.29, 1.82) is 0 Å². The fourth-order valence-electron chi connectivity index (χ4n) is 2.55. The Bertz CT molecular complexity index is 634. The van der Waals surface area contributed by atoms with E-state index < -0.39 is 10.0 Å². The van der Waals surface area contributed by atoms with E-state index in [9.17, 15) is 13.2 Å². The smallest absolute Gasteiger partial charge is 0.308 e. The molecule has 1 aliphatic rings. The molecule has 2 rings (SSSR count). The molecule has 1 fully saturated rings. The number of sulfonamides is 1. The van der Waals surface area contributed by atoms with E-state index in [1.807, 2.05) is 0 Å². The van der Waals surface area contributed by atoms with Crippen LogP contribution in [0.5, 0.6) is 0 Å². The molecule has 2 N–H and O–H groups in total. The molecule has 0 radical (unpaired) electrons. The van der Waals surface area contributed by atoms with Gasteiger partial charge in [0.25, 0.3) is 0 Å². The molecule has 0 saturated carbocycles. The van der Waals surface area contributed by atoms with Crippen LogP contribution in [-0.2, 0) is 19.6 Å². The SMILES string of the molecule is COC(=O)C1CCN(S(=O)(=O)c2cccc(N)c2C)CC1. The third kappa shape index (κ3) is 3.03. The lowest BCUT2D eigenvalue weighted by Crippen LogP contribution is -2.40. The molecule has 0 unspecified atom stereocenters. The zero-order valence-electron chi connectivity index (χ0n) is 12.2. The summed E-state index contributed by atoms with van der Waals surface area (Å²) < 4.78 is 31.4. The van der Waals surface area contributed by atoms with E-state index in [0.29, 0.717) is 37.2 Å². The van der Waals surface area contributed by atoms with Gasteiger partial charge < -0.3 is 10.5 Å². The van der Waals surface area contributed by atoms with Crippen molar-refractivity contribution < 1.29 is 17.9 Å². The molecule has 1 heterocycles. The summed E-state index contributed by atoms with van der Waals surface area (Å²) >= 11 is 0. The van der Waals surface area contributed by atoms with Gasteiger partial charge in [0.05, 0.1) is 17.9 Å². The Labute approximate surface area is 124 Å². The fraction of sp³-hybridized carbons (Fsp3) is 0.500. The van der Waals surface area contributed by atoms with E-state index in [2.05, 4.69) is 0 Å². The summed E-state index contributed by atoms with van der Waals surface area (Å²) in [5.41, 5.74) is 6.80. The summed E-state index contributed by atoms with van der Waals surface area (Å²) in [5.74, 6) is -0.490. The predicted molar refractivity (Wildman–Crippen MR) is 79.1 cm³/mol. The summed E-state index contributed by atoms with van der Waals surface area (Å²) in [4.78, 5) is 11.7. The minimum atomic E-state index is -3.57. The van der Waals surface area contributed by atoms with Crippen LogP contribution in [0, 0.1) is 12.8 Å². The Balaban J connectivity index is 2.19. The van der Waals surface area contributed by atoms with Crippen LogP contribution in [0.2, 0.25) is 0 Å². The number of ether oxygens (including phenoxy) is 1. The second-order valence-electron chi connectivity index (χ2n) is 5.17. The first-order chi connectivity index (χ1) is 9.87. The first-order valence-corrected chi connectivity index (χ1v) is 8.25. The number of nitrogen functional groups attached to an aromatic ring is 1. The first kappa shape index (κ1) is 15.8. The number of methoxy groups -OCH3 is 1. The monoisotopic (exact) mass is 312 g/mol. The van der Waals surface area contributed by atoms with Crippen molar-refractivity contribution in [2.24, 2.45) is 5.92 Å². The van der Waals surface area contributed by atoms with Gasteiger partial charge in [-0.1, -0.05) is 6.07 Å². The lowest BCUT2D eigenvalue weighted by Gasteiger charge is -2.30. The van der Waals surface area contributed by atoms with E-state index in [0.717, 1.165) is 0 Å². The quantitative estimate of drug-likeness (QED) is 0.668. The highest BCUT2D eigenvalue weighted by Crippen LogP contribution is 2.28. The van der Waals surface area contributed by atoms with Crippen molar-refractivity contribution in [3.63, 3.8) is 0 Å². The van der Waals surface area contributed by atoms with Crippen LogP contribution < -0.4 is 5.73 Å². The highest BCUT2D eigenvalue weighted by molar-refractivity contribution is 7.89. The lowest BCUT2D eigenvalue weighted by atomic mass is 9.99. The van der Waals surface area contributed by atoms with Crippen molar-refractivity contribution in [3.05, 3.63) is 23.8 Å². The Kier molecular flexibility index (Phi) is 4.53. The number of anilines is 1. The lowest BCUT2D eigenvalue weighted by molar-refractivity contribution is -0.146. The third-order valence-electron chi connectivity index (χ3n) is 3.93. The van der Waals surface area contributed by atoms with Gasteiger partial charge in [-0.25, -0.2) is 8.42 Å². The molecular formula is C14H20N2O4S. The third-order valence-corrected chi connectivity index (χ3v) is 5.98. The predicted octanol–water partition coefficient (Wildman–Crippen LogP) is 1.15. The molecule has 6 nitrogen and oxygen atoms in total. The molecule has 116 valence electrons. The first-order valence-electron chi connectivity index (χ1n) is 6.81. The summed E-state index contributed by atoms with van der Waals surface area (Å²) in [6.45, 7) is 2.33. The fourth-order valence-corrected chi connectivity index (χ4v) is 4.27. The minimum Gasteiger partial charge on any atom is -0.469 e. The molecule has 0 amide bonds. The molecule has 0 atom stereocenters. The summed E-state index contributed by atoms with van der Waals surface area (Å²) in [6.07, 6.45) is 0.959. The molecule has 0 bridgehead atoms. The van der Waals surface area contributed by atoms with Crippen molar-refractivity contribution in [3.8, 4) is 0 Å². The van der Waals surface area contributed by atoms with Crippen LogP contribution in [0.4, 0.5) is 5.69 Å². The molecule has 1 aliphatic heterocycles. The number of nitrogens with zero attached hydrogens (tertiary/aromatic N) is 1. The van der Waals surface area contributed by atoms with E-state index in [4.69, 9.17) is 10.5 Å². The topological polar surface area (TPSA) is 89.7 Å². The van der Waals surface area contributed by atoms with E-state index in [1.54, 1.807) is 25.1 Å². The van der Waals surface area contributed by atoms with Gasteiger partial charge >= 0.3 is 5.97 Å². The second-order valence-corrected chi connectivity index (χ2v) is 7.08. The van der Waals surface area contributed by atoms with Crippen molar-refractivity contribution in [2.45, 2.75) is 24.7 Å². The Morgan fingerprint density at radius 2 is 1.95 bits per heavy atom. The van der Waals surface area contributed by atoms with Gasteiger partial charge in [0.15, 0.2) is 0 Å². The molecule has 1 aromatic rings. The normalized spacial score (nSPS) is 17.6. The number of nitrogens with two attached hydrogens (primary N) is 1. The zero-order chi connectivity index (χ0) is 15.6. The molecule has 0 aliphatic carbocycles. The van der Waals surface area contributed by atoms with Gasteiger partial charge in [-0.05, 0) is 37.5 Å². The zero-order valence-corrected chi connectivity index (χ0v) is 13.0. The summed E-state index contributed by atoms with van der Waals surface area (Å²) in [7, 11) is -2.22. The van der Waals surface area contributed by atoms with Gasteiger partial charge in [-0.2, -0.15) is 4.31 Å². The average molecular weight is 312 g/mol. The molecule has 1 aromatic carbocycles. The van der Waals surface area contributed by atoms with Crippen LogP contribution in [0.1, 0.15) is 18.4 Å². The van der Waals surface area contributed by atoms with Crippen molar-refractivity contribution in [2.75, 3.05) is 25.9 Å². The maximum absolute atomic E-state index is 12.7. The molecule has 0 aromatic heterocycles. The Hall–Kier alpha value is -1.60. The van der Waals surface area contributed by atoms with Gasteiger partial charge in [-0.3, -0.25) is 4.79 Å². The van der Waals surface area contributed by atoms with E-state index in [1.165, 1.54) is 11.4 Å². The number of esters is 1. The van der Waals surface area contributed by atoms with Crippen LogP contribution in [0.3, 0.4) is 0 Å². The number of carbonyl (C=O) groups is 1. The van der Waals surface area contributed by atoms with E-state index >= 15 is 0 Å². The maximum Gasteiger partial charge on any atom is 0.308 e. The van der Waals surface area contributed by atoms with E-state index in [-0.39, 0.29) is 16.8 Å².